The van der Waals surface area contributed by atoms with Gasteiger partial charge in [0.2, 0.25) is 0 Å². The predicted molar refractivity (Wildman–Crippen MR) is 50.5 cm³/mol. The summed E-state index contributed by atoms with van der Waals surface area (Å²) in [6.07, 6.45) is 0.732. The number of sulfonamides is 1. The van der Waals surface area contributed by atoms with Crippen molar-refractivity contribution in [3.63, 3.8) is 0 Å². The molecule has 14 heavy (non-hydrogen) atoms. The van der Waals surface area contributed by atoms with E-state index < -0.39 is 21.5 Å². The Bertz CT molecular complexity index is 428. The maximum absolute atomic E-state index is 13.1. The first kappa shape index (κ1) is 11.2. The monoisotopic (exact) mass is 239 g/mol. The molecule has 0 heterocycles. The predicted octanol–water partition coefficient (Wildman–Crippen LogP) is 1.63. The molecule has 0 amide bonds. The number of nitrogens with zero attached hydrogens (tertiary/aromatic N) is 1. The van der Waals surface area contributed by atoms with Crippen LogP contribution in [0.1, 0.15) is 0 Å². The Kier molecular flexibility index (Phi) is 2.98. The van der Waals surface area contributed by atoms with Gasteiger partial charge in [0.15, 0.2) is 5.82 Å². The van der Waals surface area contributed by atoms with Crippen LogP contribution >= 0.6 is 11.6 Å². The van der Waals surface area contributed by atoms with E-state index >= 15 is 0 Å². The van der Waals surface area contributed by atoms with Gasteiger partial charge in [-0.3, -0.25) is 5.21 Å². The molecule has 0 aliphatic rings. The molecule has 1 N–H and O–H groups in total. The third-order valence-electron chi connectivity index (χ3n) is 1.44. The molecule has 7 heteroatoms. The van der Waals surface area contributed by atoms with E-state index in [1.165, 1.54) is 12.1 Å². The molecule has 0 unspecified atom stereocenters. The van der Waals surface area contributed by atoms with E-state index in [2.05, 4.69) is 0 Å². The van der Waals surface area contributed by atoms with Crippen LogP contribution in [0.25, 0.3) is 0 Å². The number of halogens is 2. The molecule has 0 fully saturated rings. The average molecular weight is 240 g/mol. The van der Waals surface area contributed by atoms with Crippen LogP contribution in [0.2, 0.25) is 5.02 Å². The number of para-hydroxylation sites is 1. The Labute approximate surface area is 85.5 Å². The van der Waals surface area contributed by atoms with Gasteiger partial charge in [0.1, 0.15) is 5.69 Å². The summed E-state index contributed by atoms with van der Waals surface area (Å²) in [6.45, 7) is 0. The molecule has 4 nitrogen and oxygen atoms in total. The largest absolute Gasteiger partial charge is 0.274 e. The summed E-state index contributed by atoms with van der Waals surface area (Å²) in [4.78, 5) is 0. The van der Waals surface area contributed by atoms with Gasteiger partial charge in [-0.2, -0.15) is 0 Å². The van der Waals surface area contributed by atoms with Gasteiger partial charge in [0.25, 0.3) is 10.0 Å². The summed E-state index contributed by atoms with van der Waals surface area (Å²) < 4.78 is 34.7. The summed E-state index contributed by atoms with van der Waals surface area (Å²) >= 11 is 5.52. The van der Waals surface area contributed by atoms with Crippen molar-refractivity contribution in [3.05, 3.63) is 29.0 Å². The molecule has 1 rings (SSSR count). The number of benzene rings is 1. The standard InChI is InChI=1S/C7H7ClFNO3S/c1-14(12,13)10(11)7-5(8)3-2-4-6(7)9/h2-4,11H,1H3. The maximum atomic E-state index is 13.1. The number of rotatable bonds is 2. The molecule has 0 bridgehead atoms. The zero-order valence-corrected chi connectivity index (χ0v) is 8.68. The van der Waals surface area contributed by atoms with Gasteiger partial charge in [0.05, 0.1) is 11.3 Å². The van der Waals surface area contributed by atoms with Crippen LogP contribution in [0.3, 0.4) is 0 Å². The topological polar surface area (TPSA) is 57.6 Å². The van der Waals surface area contributed by atoms with E-state index in [-0.39, 0.29) is 9.49 Å². The van der Waals surface area contributed by atoms with Gasteiger partial charge in [0, 0.05) is 0 Å². The summed E-state index contributed by atoms with van der Waals surface area (Å²) in [5.41, 5.74) is -0.573. The van der Waals surface area contributed by atoms with Crippen molar-refractivity contribution in [2.75, 3.05) is 10.7 Å². The summed E-state index contributed by atoms with van der Waals surface area (Å²) in [5, 5.41) is 8.96. The van der Waals surface area contributed by atoms with E-state index in [1.54, 1.807) is 0 Å². The van der Waals surface area contributed by atoms with Crippen molar-refractivity contribution in [2.24, 2.45) is 0 Å². The van der Waals surface area contributed by atoms with Crippen molar-refractivity contribution in [3.8, 4) is 0 Å². The lowest BCUT2D eigenvalue weighted by molar-refractivity contribution is 0.313. The molecule has 0 atom stereocenters. The van der Waals surface area contributed by atoms with Gasteiger partial charge in [-0.25, -0.2) is 12.8 Å². The molecule has 0 aliphatic heterocycles. The Hall–Kier alpha value is -0.850. The second-order valence-corrected chi connectivity index (χ2v) is 4.80. The van der Waals surface area contributed by atoms with E-state index in [4.69, 9.17) is 16.8 Å². The van der Waals surface area contributed by atoms with Crippen LogP contribution < -0.4 is 4.47 Å². The quantitative estimate of drug-likeness (QED) is 0.798. The first-order valence-electron chi connectivity index (χ1n) is 3.47. The van der Waals surface area contributed by atoms with Crippen LogP contribution in [-0.4, -0.2) is 19.9 Å². The average Bonchev–Trinajstić information content (AvgIpc) is 2.01. The number of anilines is 1. The fourth-order valence-corrected chi connectivity index (χ4v) is 1.65. The van der Waals surface area contributed by atoms with Crippen LogP contribution in [-0.2, 0) is 10.0 Å². The fraction of sp³-hybridized carbons (Fsp3) is 0.143. The summed E-state index contributed by atoms with van der Waals surface area (Å²) in [5.74, 6) is -0.912. The van der Waals surface area contributed by atoms with Crippen LogP contribution in [0, 0.1) is 5.82 Å². The molecule has 0 saturated carbocycles. The lowest BCUT2D eigenvalue weighted by Gasteiger charge is -2.15. The zero-order valence-electron chi connectivity index (χ0n) is 7.11. The SMILES string of the molecule is CS(=O)(=O)N(O)c1c(F)cccc1Cl. The normalized spacial score (nSPS) is 11.4. The fourth-order valence-electron chi connectivity index (χ4n) is 0.838. The molecular weight excluding hydrogens is 233 g/mol. The highest BCUT2D eigenvalue weighted by molar-refractivity contribution is 7.91. The third kappa shape index (κ3) is 2.14. The highest BCUT2D eigenvalue weighted by Crippen LogP contribution is 2.28. The molecule has 0 saturated heterocycles. The Morgan fingerprint density at radius 3 is 2.50 bits per heavy atom. The van der Waals surface area contributed by atoms with Crippen molar-refractivity contribution in [1.82, 2.24) is 0 Å². The molecule has 78 valence electrons. The Balaban J connectivity index is 3.33. The summed E-state index contributed by atoms with van der Waals surface area (Å²) in [7, 11) is -3.94. The number of hydrogen-bond donors (Lipinski definition) is 1. The highest BCUT2D eigenvalue weighted by atomic mass is 35.5. The minimum Gasteiger partial charge on any atom is -0.274 e. The first-order chi connectivity index (χ1) is 6.34. The molecule has 1 aromatic carbocycles. The van der Waals surface area contributed by atoms with E-state index in [0.717, 1.165) is 12.3 Å². The molecular formula is C7H7ClFNO3S. The zero-order chi connectivity index (χ0) is 10.9. The minimum absolute atomic E-state index is 0.182. The summed E-state index contributed by atoms with van der Waals surface area (Å²) in [6, 6.07) is 3.57. The van der Waals surface area contributed by atoms with Gasteiger partial charge in [-0.15, -0.1) is 4.47 Å². The Morgan fingerprint density at radius 1 is 1.50 bits per heavy atom. The van der Waals surface area contributed by atoms with Crippen molar-refractivity contribution >= 4 is 27.3 Å². The molecule has 1 aromatic rings. The van der Waals surface area contributed by atoms with Crippen molar-refractivity contribution in [2.45, 2.75) is 0 Å². The molecule has 0 aliphatic carbocycles. The van der Waals surface area contributed by atoms with Crippen molar-refractivity contribution < 1.29 is 18.0 Å². The van der Waals surface area contributed by atoms with Crippen LogP contribution in [0.4, 0.5) is 10.1 Å². The highest BCUT2D eigenvalue weighted by Gasteiger charge is 2.21. The maximum Gasteiger partial charge on any atom is 0.254 e. The van der Waals surface area contributed by atoms with E-state index in [0.29, 0.717) is 0 Å². The van der Waals surface area contributed by atoms with Gasteiger partial charge >= 0.3 is 0 Å². The first-order valence-corrected chi connectivity index (χ1v) is 5.70. The van der Waals surface area contributed by atoms with Gasteiger partial charge in [-0.05, 0) is 12.1 Å². The van der Waals surface area contributed by atoms with E-state index in [1.807, 2.05) is 0 Å². The van der Waals surface area contributed by atoms with E-state index in [9.17, 15) is 12.8 Å². The molecule has 0 aromatic heterocycles. The van der Waals surface area contributed by atoms with Crippen LogP contribution in [0.5, 0.6) is 0 Å². The minimum atomic E-state index is -3.94. The molecule has 0 spiro atoms. The lowest BCUT2D eigenvalue weighted by atomic mass is 10.3. The smallest absolute Gasteiger partial charge is 0.254 e. The van der Waals surface area contributed by atoms with Gasteiger partial charge in [-0.1, -0.05) is 17.7 Å². The second-order valence-electron chi connectivity index (χ2n) is 2.58. The Morgan fingerprint density at radius 2 is 2.07 bits per heavy atom. The molecule has 0 radical (unpaired) electrons. The van der Waals surface area contributed by atoms with Gasteiger partial charge < -0.3 is 0 Å². The van der Waals surface area contributed by atoms with Crippen molar-refractivity contribution in [1.29, 1.82) is 0 Å². The number of hydrogen-bond acceptors (Lipinski definition) is 3. The van der Waals surface area contributed by atoms with Crippen LogP contribution in [0.15, 0.2) is 18.2 Å². The lowest BCUT2D eigenvalue weighted by Crippen LogP contribution is -2.26. The second kappa shape index (κ2) is 3.72. The third-order valence-corrected chi connectivity index (χ3v) is 2.56.